The molecule has 17 heteroatoms. The van der Waals surface area contributed by atoms with Gasteiger partial charge >= 0.3 is 6.03 Å². The third-order valence-corrected chi connectivity index (χ3v) is 17.4. The van der Waals surface area contributed by atoms with E-state index in [-0.39, 0.29) is 67.4 Å². The number of amides is 5. The molecule has 2 aliphatic heterocycles. The second-order valence-corrected chi connectivity index (χ2v) is 26.4. The first-order valence-corrected chi connectivity index (χ1v) is 32.4. The van der Waals surface area contributed by atoms with Gasteiger partial charge in [-0.2, -0.15) is 0 Å². The van der Waals surface area contributed by atoms with Crippen LogP contribution in [0.1, 0.15) is 111 Å². The van der Waals surface area contributed by atoms with Gasteiger partial charge in [-0.05, 0) is 136 Å². The third-order valence-electron chi connectivity index (χ3n) is 17.4. The van der Waals surface area contributed by atoms with Gasteiger partial charge in [-0.25, -0.2) is 4.79 Å². The van der Waals surface area contributed by atoms with Crippen molar-refractivity contribution in [3.05, 3.63) is 202 Å². The number of pyridine rings is 1. The molecule has 2 saturated heterocycles. The number of hydrogen-bond donors (Lipinski definition) is 7. The first kappa shape index (κ1) is 69.1. The van der Waals surface area contributed by atoms with E-state index >= 15 is 0 Å². The van der Waals surface area contributed by atoms with E-state index in [2.05, 4.69) is 36.1 Å². The van der Waals surface area contributed by atoms with Crippen LogP contribution >= 0.6 is 0 Å². The maximum absolute atomic E-state index is 13.9. The quantitative estimate of drug-likeness (QED) is 0.0259. The Hall–Kier alpha value is -7.80. The molecule has 2 fully saturated rings. The first-order chi connectivity index (χ1) is 43.7. The number of Topliss-reactive ketones (excluding diaryl/α,β-unsaturated/α-hetero) is 1. The Kier molecular flexibility index (Phi) is 25.4. The number of para-hydroxylation sites is 1. The van der Waals surface area contributed by atoms with Crippen molar-refractivity contribution in [3.8, 4) is 5.75 Å². The molecule has 0 spiro atoms. The fraction of sp³-hybridized carbons (Fsp3) is 0.459. The Morgan fingerprint density at radius 3 is 2.00 bits per heavy atom. The van der Waals surface area contributed by atoms with Crippen LogP contribution in [0.3, 0.4) is 0 Å². The van der Waals surface area contributed by atoms with Crippen LogP contribution in [-0.4, -0.2) is 152 Å². The smallest absolute Gasteiger partial charge is 0.318 e. The molecule has 1 aromatic heterocycles. The van der Waals surface area contributed by atoms with Gasteiger partial charge in [0.05, 0.1) is 36.4 Å². The number of carbonyl (C=O) groups excluding carboxylic acids is 5. The standard InChI is InChI=1S/C38H49N3O5.C36H47N5O4/c1-26(2)36(41-20-12-19-39-38(41)45)34(43)24-31(21-29-15-7-5-8-16-29)23-33(42)32(22-30-17-9-6-10-18-30)40-35(44)25-46-37-27(3)13-11-14-28(37)4;1-36(2,3)39-35(45)31-24-40(22-26-12-9-15-37-21-26)16-17-41(31)23-29(42)19-28(18-25-10-5-4-6-11-25)34(44)38-33-30-14-8-7-13-27(30)20-32(33)43/h5-11,13-18,26,31-33,36,42H,12,19-25H2,1-4H3,(H,39,45)(H,40,44);4-15,21,28-29,31-33,42-43H,16-20,22-24H2,1-3H3,(H,38,44)(H,39,45)/t31-,32-,33-,36-;28-,29-,31-,32+,33-/m00/s1. The number of fused-ring (bicyclic) bond motifs is 1. The molecule has 0 unspecified atom stereocenters. The summed E-state index contributed by atoms with van der Waals surface area (Å²) in [4.78, 5) is 77.4. The topological polar surface area (TPSA) is 226 Å². The number of ether oxygens (including phenoxy) is 1. The number of carbonyl (C=O) groups is 5. The second kappa shape index (κ2) is 33.5. The number of nitrogens with one attached hydrogen (secondary N) is 4. The SMILES string of the molecule is CC(C)(C)NC(=O)[C@@H]1CN(Cc2cccnc2)CCN1C[C@@H](O)C[C@H](Cc1ccccc1)C(=O)N[C@H]1c2ccccc2C[C@H]1O.Cc1cccc(C)c1OCC(=O)N[C@@H](Cc1ccccc1)[C@@H](O)C[C@@H](CC(=O)[C@H](C(C)C)N1CCCNC1=O)Cc1ccccc1. The highest BCUT2D eigenvalue weighted by molar-refractivity contribution is 5.89. The lowest BCUT2D eigenvalue weighted by atomic mass is 9.83. The number of benzene rings is 5. The van der Waals surface area contributed by atoms with Gasteiger partial charge in [0.2, 0.25) is 11.8 Å². The number of urea groups is 1. The molecule has 0 radical (unpaired) electrons. The maximum Gasteiger partial charge on any atom is 0.318 e. The van der Waals surface area contributed by atoms with Crippen LogP contribution in [-0.2, 0) is 51.4 Å². The second-order valence-electron chi connectivity index (χ2n) is 26.4. The van der Waals surface area contributed by atoms with Crippen molar-refractivity contribution in [1.29, 1.82) is 0 Å². The number of aromatic nitrogens is 1. The van der Waals surface area contributed by atoms with Crippen LogP contribution < -0.4 is 26.0 Å². The molecular weight excluding hydrogens is 1140 g/mol. The molecule has 9 rings (SSSR count). The molecule has 17 nitrogen and oxygen atoms in total. The van der Waals surface area contributed by atoms with E-state index in [4.69, 9.17) is 4.74 Å². The Labute approximate surface area is 538 Å². The Balaban J connectivity index is 0.000000235. The van der Waals surface area contributed by atoms with E-state index in [1.54, 1.807) is 11.1 Å². The van der Waals surface area contributed by atoms with Crippen molar-refractivity contribution in [2.75, 3.05) is 45.9 Å². The molecule has 1 aliphatic carbocycles. The number of aryl methyl sites for hydroxylation is 2. The normalized spacial score (nSPS) is 18.9. The lowest BCUT2D eigenvalue weighted by Crippen LogP contribution is -2.61. The first-order valence-electron chi connectivity index (χ1n) is 32.4. The number of aliphatic hydroxyl groups is 3. The predicted octanol–water partition coefficient (Wildman–Crippen LogP) is 8.29. The molecule has 6 aromatic rings. The molecule has 0 saturated carbocycles. The largest absolute Gasteiger partial charge is 0.483 e. The zero-order valence-electron chi connectivity index (χ0n) is 54.2. The predicted molar refractivity (Wildman–Crippen MR) is 355 cm³/mol. The van der Waals surface area contributed by atoms with Gasteiger partial charge in [0.15, 0.2) is 12.4 Å². The summed E-state index contributed by atoms with van der Waals surface area (Å²) in [5, 5.41) is 46.2. The molecule has 3 aliphatic rings. The molecule has 5 amide bonds. The molecular formula is C74H96N8O9. The van der Waals surface area contributed by atoms with E-state index in [1.165, 1.54) is 0 Å². The van der Waals surface area contributed by atoms with Gasteiger partial charge < -0.3 is 46.2 Å². The summed E-state index contributed by atoms with van der Waals surface area (Å²) in [5.74, 6) is -0.696. The van der Waals surface area contributed by atoms with Crippen LogP contribution in [0.15, 0.2) is 158 Å². The number of piperazine rings is 1. The van der Waals surface area contributed by atoms with Crippen molar-refractivity contribution in [1.82, 2.24) is 41.0 Å². The van der Waals surface area contributed by atoms with Gasteiger partial charge in [-0.15, -0.1) is 0 Å². The van der Waals surface area contributed by atoms with E-state index in [1.807, 2.05) is 200 Å². The highest BCUT2D eigenvalue weighted by atomic mass is 16.5. The highest BCUT2D eigenvalue weighted by Gasteiger charge is 2.39. The summed E-state index contributed by atoms with van der Waals surface area (Å²) in [5.41, 5.74) is 7.62. The monoisotopic (exact) mass is 1240 g/mol. The summed E-state index contributed by atoms with van der Waals surface area (Å²) < 4.78 is 5.91. The lowest BCUT2D eigenvalue weighted by Gasteiger charge is -2.42. The molecule has 91 heavy (non-hydrogen) atoms. The average molecular weight is 1240 g/mol. The summed E-state index contributed by atoms with van der Waals surface area (Å²) in [7, 11) is 0. The summed E-state index contributed by atoms with van der Waals surface area (Å²) >= 11 is 0. The fourth-order valence-electron chi connectivity index (χ4n) is 13.0. The molecule has 486 valence electrons. The van der Waals surface area contributed by atoms with Crippen molar-refractivity contribution in [2.24, 2.45) is 17.8 Å². The van der Waals surface area contributed by atoms with Gasteiger partial charge in [-0.1, -0.05) is 153 Å². The van der Waals surface area contributed by atoms with E-state index in [0.717, 1.165) is 57.5 Å². The number of rotatable bonds is 27. The maximum atomic E-state index is 13.9. The zero-order chi connectivity index (χ0) is 65.0. The van der Waals surface area contributed by atoms with Crippen LogP contribution in [0.5, 0.6) is 5.75 Å². The Morgan fingerprint density at radius 2 is 1.37 bits per heavy atom. The number of β-amino-alcohol motifs (C(OH)–C–C–N with tert-alkyl or cyclic N) is 1. The van der Waals surface area contributed by atoms with Crippen LogP contribution in [0.25, 0.3) is 0 Å². The minimum absolute atomic E-state index is 0.00849. The fourth-order valence-corrected chi connectivity index (χ4v) is 13.0. The summed E-state index contributed by atoms with van der Waals surface area (Å²) in [6, 6.07) is 44.8. The van der Waals surface area contributed by atoms with Crippen molar-refractivity contribution < 1.29 is 44.0 Å². The van der Waals surface area contributed by atoms with E-state index < -0.39 is 53.9 Å². The minimum atomic E-state index is -0.929. The van der Waals surface area contributed by atoms with Crippen LogP contribution in [0.4, 0.5) is 4.79 Å². The molecule has 5 aromatic carbocycles. The lowest BCUT2D eigenvalue weighted by molar-refractivity contribution is -0.132. The van der Waals surface area contributed by atoms with Crippen molar-refractivity contribution in [2.45, 2.75) is 154 Å². The van der Waals surface area contributed by atoms with Gasteiger partial charge in [0.25, 0.3) is 5.91 Å². The van der Waals surface area contributed by atoms with E-state index in [9.17, 15) is 39.3 Å². The highest BCUT2D eigenvalue weighted by Crippen LogP contribution is 2.33. The van der Waals surface area contributed by atoms with Crippen LogP contribution in [0, 0.1) is 31.6 Å². The van der Waals surface area contributed by atoms with E-state index in [0.29, 0.717) is 70.6 Å². The molecule has 3 heterocycles. The average Bonchev–Trinajstić information content (AvgIpc) is 1.84. The Morgan fingerprint density at radius 1 is 0.747 bits per heavy atom. The minimum Gasteiger partial charge on any atom is -0.483 e. The third kappa shape index (κ3) is 20.9. The van der Waals surface area contributed by atoms with Crippen molar-refractivity contribution in [3.63, 3.8) is 0 Å². The number of hydrogen-bond acceptors (Lipinski definition) is 12. The van der Waals surface area contributed by atoms with Gasteiger partial charge in [-0.3, -0.25) is 34.0 Å². The molecule has 0 bridgehead atoms. The van der Waals surface area contributed by atoms with Crippen LogP contribution in [0.2, 0.25) is 0 Å². The number of nitrogens with zero attached hydrogens (tertiary/aromatic N) is 4. The van der Waals surface area contributed by atoms with Gasteiger partial charge in [0.1, 0.15) is 11.8 Å². The zero-order valence-corrected chi connectivity index (χ0v) is 54.2. The molecule has 9 atom stereocenters. The number of ketones is 1. The van der Waals surface area contributed by atoms with Gasteiger partial charge in [0, 0.05) is 82.5 Å². The number of aliphatic hydroxyl groups excluding tert-OH is 3. The molecule has 7 N–H and O–H groups in total. The summed E-state index contributed by atoms with van der Waals surface area (Å²) in [6.07, 6.45) is 4.64. The van der Waals surface area contributed by atoms with Crippen molar-refractivity contribution >= 4 is 29.5 Å². The Bertz CT molecular complexity index is 3260. The summed E-state index contributed by atoms with van der Waals surface area (Å²) in [6.45, 7) is 17.5.